The van der Waals surface area contributed by atoms with Crippen LogP contribution in [0, 0.1) is 0 Å². The van der Waals surface area contributed by atoms with Gasteiger partial charge in [0.15, 0.2) is 0 Å². The third-order valence-corrected chi connectivity index (χ3v) is 6.57. The van der Waals surface area contributed by atoms with Gasteiger partial charge in [-0.3, -0.25) is 9.69 Å². The summed E-state index contributed by atoms with van der Waals surface area (Å²) in [6.45, 7) is 3.23. The van der Waals surface area contributed by atoms with Gasteiger partial charge in [0, 0.05) is 45.3 Å². The number of nitrogens with zero attached hydrogens (tertiary/aromatic N) is 2. The van der Waals surface area contributed by atoms with Crippen LogP contribution in [0.25, 0.3) is 0 Å². The summed E-state index contributed by atoms with van der Waals surface area (Å²) in [6, 6.07) is 11.7. The molecule has 1 aromatic heterocycles. The zero-order chi connectivity index (χ0) is 22.8. The van der Waals surface area contributed by atoms with E-state index in [4.69, 9.17) is 14.2 Å². The quantitative estimate of drug-likeness (QED) is 0.462. The van der Waals surface area contributed by atoms with Crippen LogP contribution in [0.5, 0.6) is 5.75 Å². The van der Waals surface area contributed by atoms with Crippen molar-refractivity contribution in [2.45, 2.75) is 25.0 Å². The molecule has 0 radical (unpaired) electrons. The molecule has 2 atom stereocenters. The highest BCUT2D eigenvalue weighted by molar-refractivity contribution is 7.10. The van der Waals surface area contributed by atoms with Crippen LogP contribution < -0.4 is 4.74 Å². The maximum absolute atomic E-state index is 13.4. The normalized spacial score (nSPS) is 16.8. The van der Waals surface area contributed by atoms with E-state index >= 15 is 0 Å². The zero-order valence-electron chi connectivity index (χ0n) is 18.9. The van der Waals surface area contributed by atoms with E-state index in [0.717, 1.165) is 18.6 Å². The summed E-state index contributed by atoms with van der Waals surface area (Å²) in [6.07, 6.45) is 1.01. The zero-order valence-corrected chi connectivity index (χ0v) is 19.8. The molecule has 0 unspecified atom stereocenters. The fourth-order valence-corrected chi connectivity index (χ4v) is 4.99. The van der Waals surface area contributed by atoms with E-state index in [9.17, 15) is 9.90 Å². The second kappa shape index (κ2) is 12.9. The number of ether oxygens (including phenoxy) is 3. The number of methoxy groups -OCH3 is 2. The number of aliphatic hydroxyl groups excluding tert-OH is 1. The molecule has 2 heterocycles. The molecule has 1 amide bonds. The Morgan fingerprint density at radius 2 is 2.06 bits per heavy atom. The topological polar surface area (TPSA) is 71.5 Å². The number of carbonyl (C=O) groups is 1. The Balaban J connectivity index is 1.69. The van der Waals surface area contributed by atoms with Crippen LogP contribution in [0.1, 0.15) is 22.9 Å². The average Bonchev–Trinajstić information content (AvgIpc) is 3.27. The summed E-state index contributed by atoms with van der Waals surface area (Å²) in [7, 11) is 3.23. The number of carbonyl (C=O) groups excluding carboxylic acids is 1. The number of amides is 1. The average molecular weight is 463 g/mol. The molecule has 3 rings (SSSR count). The number of benzene rings is 1. The lowest BCUT2D eigenvalue weighted by Crippen LogP contribution is -2.48. The fourth-order valence-electron chi connectivity index (χ4n) is 4.06. The number of fused-ring (bicyclic) bond motifs is 1. The summed E-state index contributed by atoms with van der Waals surface area (Å²) in [5, 5.41) is 12.3. The van der Waals surface area contributed by atoms with Crippen LogP contribution in [0.2, 0.25) is 0 Å². The van der Waals surface area contributed by atoms with Crippen molar-refractivity contribution in [3.05, 3.63) is 52.2 Å². The van der Waals surface area contributed by atoms with Crippen molar-refractivity contribution < 1.29 is 24.1 Å². The molecule has 0 fully saturated rings. The molecule has 0 saturated heterocycles. The van der Waals surface area contributed by atoms with Gasteiger partial charge >= 0.3 is 0 Å². The van der Waals surface area contributed by atoms with E-state index in [-0.39, 0.29) is 25.1 Å². The summed E-state index contributed by atoms with van der Waals surface area (Å²) >= 11 is 1.74. The number of rotatable bonds is 13. The van der Waals surface area contributed by atoms with Gasteiger partial charge in [-0.25, -0.2) is 0 Å². The lowest BCUT2D eigenvalue weighted by Gasteiger charge is -2.37. The Bertz CT molecular complexity index is 816. The van der Waals surface area contributed by atoms with Crippen molar-refractivity contribution in [1.82, 2.24) is 9.80 Å². The second-order valence-electron chi connectivity index (χ2n) is 7.97. The van der Waals surface area contributed by atoms with E-state index in [1.54, 1.807) is 25.6 Å². The highest BCUT2D eigenvalue weighted by atomic mass is 32.1. The summed E-state index contributed by atoms with van der Waals surface area (Å²) in [5.41, 5.74) is 1.18. The van der Waals surface area contributed by atoms with Crippen molar-refractivity contribution in [1.29, 1.82) is 0 Å². The molecule has 1 N–H and O–H groups in total. The first-order valence-corrected chi connectivity index (χ1v) is 11.9. The Morgan fingerprint density at radius 3 is 2.81 bits per heavy atom. The molecule has 1 aliphatic rings. The molecule has 1 aliphatic heterocycles. The highest BCUT2D eigenvalue weighted by Gasteiger charge is 2.33. The minimum atomic E-state index is -0.641. The molecule has 176 valence electrons. The maximum atomic E-state index is 13.4. The molecular formula is C24H34N2O5S. The van der Waals surface area contributed by atoms with Gasteiger partial charge in [0.05, 0.1) is 25.3 Å². The SMILES string of the molecule is COCCCN(CC(=O)N1CCc2sccc2[C@@H]1COc1ccccc1)C[C@H](O)COC. The van der Waals surface area contributed by atoms with Gasteiger partial charge in [0.25, 0.3) is 0 Å². The van der Waals surface area contributed by atoms with Gasteiger partial charge in [0.2, 0.25) is 5.91 Å². The standard InChI is InChI=1S/C24H34N2O5S/c1-29-13-6-11-25(15-19(27)17-30-2)16-24(28)26-12-9-23-21(10-14-32-23)22(26)18-31-20-7-4-3-5-8-20/h3-5,7-8,10,14,19,22,27H,6,9,11-13,15-18H2,1-2H3/t19-,22-/m0/s1. The third-order valence-electron chi connectivity index (χ3n) is 5.58. The van der Waals surface area contributed by atoms with E-state index < -0.39 is 6.10 Å². The van der Waals surface area contributed by atoms with Gasteiger partial charge in [-0.05, 0) is 42.0 Å². The van der Waals surface area contributed by atoms with E-state index in [1.165, 1.54) is 10.4 Å². The predicted molar refractivity (Wildman–Crippen MR) is 125 cm³/mol. The smallest absolute Gasteiger partial charge is 0.237 e. The molecule has 2 aromatic rings. The van der Waals surface area contributed by atoms with Gasteiger partial charge in [0.1, 0.15) is 12.4 Å². The van der Waals surface area contributed by atoms with Crippen LogP contribution in [0.15, 0.2) is 41.8 Å². The number of aliphatic hydroxyl groups is 1. The van der Waals surface area contributed by atoms with Gasteiger partial charge < -0.3 is 24.2 Å². The van der Waals surface area contributed by atoms with Crippen LogP contribution in [0.3, 0.4) is 0 Å². The molecule has 0 spiro atoms. The Kier molecular flexibility index (Phi) is 9.95. The molecule has 0 saturated carbocycles. The summed E-state index contributed by atoms with van der Waals surface area (Å²) in [5.74, 6) is 0.844. The Hall–Kier alpha value is -1.97. The third kappa shape index (κ3) is 7.02. The second-order valence-corrected chi connectivity index (χ2v) is 8.97. The minimum absolute atomic E-state index is 0.0468. The first-order valence-electron chi connectivity index (χ1n) is 11.0. The van der Waals surface area contributed by atoms with E-state index in [0.29, 0.717) is 32.8 Å². The van der Waals surface area contributed by atoms with Crippen LogP contribution in [0.4, 0.5) is 0 Å². The molecule has 1 aromatic carbocycles. The lowest BCUT2D eigenvalue weighted by molar-refractivity contribution is -0.136. The first-order chi connectivity index (χ1) is 15.6. The number of hydrogen-bond donors (Lipinski definition) is 1. The van der Waals surface area contributed by atoms with E-state index in [2.05, 4.69) is 11.4 Å². The predicted octanol–water partition coefficient (Wildman–Crippen LogP) is 2.60. The van der Waals surface area contributed by atoms with Gasteiger partial charge in [-0.15, -0.1) is 11.3 Å². The molecule has 32 heavy (non-hydrogen) atoms. The summed E-state index contributed by atoms with van der Waals surface area (Å²) in [4.78, 5) is 18.7. The van der Waals surface area contributed by atoms with Crippen molar-refractivity contribution >= 4 is 17.2 Å². The number of para-hydroxylation sites is 1. The van der Waals surface area contributed by atoms with Gasteiger partial charge in [-0.2, -0.15) is 0 Å². The molecule has 0 bridgehead atoms. The number of hydrogen-bond acceptors (Lipinski definition) is 7. The summed E-state index contributed by atoms with van der Waals surface area (Å²) < 4.78 is 16.3. The van der Waals surface area contributed by atoms with E-state index in [1.807, 2.05) is 40.1 Å². The molecular weight excluding hydrogens is 428 g/mol. The van der Waals surface area contributed by atoms with Crippen molar-refractivity contribution in [2.24, 2.45) is 0 Å². The Morgan fingerprint density at radius 1 is 1.25 bits per heavy atom. The van der Waals surface area contributed by atoms with Crippen molar-refractivity contribution in [2.75, 3.05) is 60.2 Å². The Labute approximate surface area is 194 Å². The molecule has 7 nitrogen and oxygen atoms in total. The fraction of sp³-hybridized carbons (Fsp3) is 0.542. The molecule has 8 heteroatoms. The first kappa shape index (κ1) is 24.7. The largest absolute Gasteiger partial charge is 0.491 e. The van der Waals surface area contributed by atoms with Crippen molar-refractivity contribution in [3.8, 4) is 5.75 Å². The van der Waals surface area contributed by atoms with Gasteiger partial charge in [-0.1, -0.05) is 18.2 Å². The van der Waals surface area contributed by atoms with Crippen LogP contribution in [-0.4, -0.2) is 87.1 Å². The molecule has 0 aliphatic carbocycles. The number of thiophene rings is 1. The van der Waals surface area contributed by atoms with Crippen LogP contribution >= 0.6 is 11.3 Å². The highest BCUT2D eigenvalue weighted by Crippen LogP contribution is 2.34. The van der Waals surface area contributed by atoms with Crippen LogP contribution in [-0.2, 0) is 20.7 Å². The minimum Gasteiger partial charge on any atom is -0.491 e. The van der Waals surface area contributed by atoms with Crippen molar-refractivity contribution in [3.63, 3.8) is 0 Å². The lowest BCUT2D eigenvalue weighted by atomic mass is 10.0. The monoisotopic (exact) mass is 462 g/mol. The maximum Gasteiger partial charge on any atom is 0.237 e.